The van der Waals surface area contributed by atoms with Crippen LogP contribution in [0.5, 0.6) is 11.5 Å². The van der Waals surface area contributed by atoms with Gasteiger partial charge < -0.3 is 15.0 Å². The van der Waals surface area contributed by atoms with E-state index in [0.717, 1.165) is 25.9 Å². The number of rotatable bonds is 6. The summed E-state index contributed by atoms with van der Waals surface area (Å²) in [6, 6.07) is 9.54. The van der Waals surface area contributed by atoms with Crippen molar-refractivity contribution >= 4 is 5.91 Å². The topological polar surface area (TPSA) is 54.5 Å². The van der Waals surface area contributed by atoms with E-state index in [4.69, 9.17) is 4.74 Å². The number of benzene rings is 1. The van der Waals surface area contributed by atoms with Gasteiger partial charge in [-0.1, -0.05) is 0 Å². The van der Waals surface area contributed by atoms with Gasteiger partial charge in [-0.2, -0.15) is 0 Å². The predicted molar refractivity (Wildman–Crippen MR) is 102 cm³/mol. The molecule has 0 radical (unpaired) electrons. The average Bonchev–Trinajstić information content (AvgIpc) is 2.68. The molecule has 0 saturated carbocycles. The van der Waals surface area contributed by atoms with E-state index in [1.54, 1.807) is 24.3 Å². The Morgan fingerprint density at radius 2 is 2.07 bits per heavy atom. The Morgan fingerprint density at radius 3 is 2.81 bits per heavy atom. The average molecular weight is 371 g/mol. The maximum absolute atomic E-state index is 13.0. The Bertz CT molecular complexity index is 764. The molecule has 0 spiro atoms. The van der Waals surface area contributed by atoms with Crippen LogP contribution in [0.1, 0.15) is 37.2 Å². The van der Waals surface area contributed by atoms with Crippen LogP contribution in [0, 0.1) is 11.7 Å². The lowest BCUT2D eigenvalue weighted by Gasteiger charge is -2.35. The molecule has 2 heterocycles. The Hall–Kier alpha value is -2.47. The number of halogens is 1. The summed E-state index contributed by atoms with van der Waals surface area (Å²) in [5.41, 5.74) is 0.311. The fourth-order valence-corrected chi connectivity index (χ4v) is 3.30. The van der Waals surface area contributed by atoms with E-state index in [-0.39, 0.29) is 11.7 Å². The van der Waals surface area contributed by atoms with Gasteiger partial charge in [0, 0.05) is 31.4 Å². The normalized spacial score (nSPS) is 17.7. The van der Waals surface area contributed by atoms with Crippen LogP contribution in [0.25, 0.3) is 0 Å². The fourth-order valence-electron chi connectivity index (χ4n) is 3.30. The highest BCUT2D eigenvalue weighted by Crippen LogP contribution is 2.22. The van der Waals surface area contributed by atoms with Crippen molar-refractivity contribution in [2.75, 3.05) is 19.6 Å². The molecule has 1 atom stereocenters. The number of aromatic nitrogens is 1. The van der Waals surface area contributed by atoms with Gasteiger partial charge in [-0.15, -0.1) is 0 Å². The Morgan fingerprint density at radius 1 is 1.30 bits per heavy atom. The molecule has 1 N–H and O–H groups in total. The lowest BCUT2D eigenvalue weighted by Crippen LogP contribution is -2.43. The predicted octanol–water partition coefficient (Wildman–Crippen LogP) is 3.86. The van der Waals surface area contributed by atoms with Crippen molar-refractivity contribution in [1.82, 2.24) is 15.2 Å². The molecule has 1 fully saturated rings. The molecule has 1 amide bonds. The van der Waals surface area contributed by atoms with E-state index < -0.39 is 0 Å². The number of pyridine rings is 1. The molecule has 1 aliphatic heterocycles. The minimum absolute atomic E-state index is 0.207. The number of nitrogens with zero attached hydrogens (tertiary/aromatic N) is 2. The molecule has 2 aromatic rings. The van der Waals surface area contributed by atoms with Gasteiger partial charge in [0.2, 0.25) is 0 Å². The van der Waals surface area contributed by atoms with Crippen molar-refractivity contribution in [1.29, 1.82) is 0 Å². The standard InChI is InChI=1S/C21H26FN3O2/c1-15(2)25-11-3-4-16(14-25)13-24-21(26)20-12-19(9-10-23-20)27-18-7-5-17(22)6-8-18/h5-10,12,15-16H,3-4,11,13-14H2,1-2H3,(H,24,26). The third kappa shape index (κ3) is 5.50. The van der Waals surface area contributed by atoms with Crippen LogP contribution in [-0.2, 0) is 0 Å². The molecule has 5 nitrogen and oxygen atoms in total. The first-order chi connectivity index (χ1) is 13.0. The first-order valence-electron chi connectivity index (χ1n) is 9.43. The van der Waals surface area contributed by atoms with Crippen molar-refractivity contribution in [3.63, 3.8) is 0 Å². The Kier molecular flexibility index (Phi) is 6.40. The van der Waals surface area contributed by atoms with Gasteiger partial charge in [0.05, 0.1) is 0 Å². The summed E-state index contributed by atoms with van der Waals surface area (Å²) in [7, 11) is 0. The first kappa shape index (κ1) is 19.3. The molecule has 1 unspecified atom stereocenters. The highest BCUT2D eigenvalue weighted by atomic mass is 19.1. The van der Waals surface area contributed by atoms with Crippen LogP contribution < -0.4 is 10.1 Å². The SMILES string of the molecule is CC(C)N1CCCC(CNC(=O)c2cc(Oc3ccc(F)cc3)ccn2)C1. The number of amides is 1. The molecule has 144 valence electrons. The molecule has 27 heavy (non-hydrogen) atoms. The van der Waals surface area contributed by atoms with Crippen LogP contribution >= 0.6 is 0 Å². The van der Waals surface area contributed by atoms with Gasteiger partial charge in [0.15, 0.2) is 0 Å². The number of hydrogen-bond donors (Lipinski definition) is 1. The van der Waals surface area contributed by atoms with Crippen LogP contribution in [0.2, 0.25) is 0 Å². The highest BCUT2D eigenvalue weighted by molar-refractivity contribution is 5.92. The van der Waals surface area contributed by atoms with Crippen LogP contribution in [0.15, 0.2) is 42.6 Å². The second kappa shape index (κ2) is 8.95. The second-order valence-electron chi connectivity index (χ2n) is 7.24. The van der Waals surface area contributed by atoms with E-state index in [1.165, 1.54) is 18.3 Å². The summed E-state index contributed by atoms with van der Waals surface area (Å²) in [5, 5.41) is 2.99. The zero-order valence-electron chi connectivity index (χ0n) is 15.8. The van der Waals surface area contributed by atoms with Gasteiger partial charge >= 0.3 is 0 Å². The smallest absolute Gasteiger partial charge is 0.270 e. The summed E-state index contributed by atoms with van der Waals surface area (Å²) < 4.78 is 18.6. The summed E-state index contributed by atoms with van der Waals surface area (Å²) in [4.78, 5) is 19.1. The van der Waals surface area contributed by atoms with E-state index >= 15 is 0 Å². The second-order valence-corrected chi connectivity index (χ2v) is 7.24. The minimum Gasteiger partial charge on any atom is -0.457 e. The number of likely N-dealkylation sites (tertiary alicyclic amines) is 1. The third-order valence-electron chi connectivity index (χ3n) is 4.85. The summed E-state index contributed by atoms with van der Waals surface area (Å²) in [6.07, 6.45) is 3.83. The molecule has 1 aromatic heterocycles. The molecular formula is C21H26FN3O2. The van der Waals surface area contributed by atoms with E-state index in [1.807, 2.05) is 0 Å². The van der Waals surface area contributed by atoms with Crippen molar-refractivity contribution in [2.45, 2.75) is 32.7 Å². The maximum Gasteiger partial charge on any atom is 0.270 e. The van der Waals surface area contributed by atoms with Crippen LogP contribution in [0.3, 0.4) is 0 Å². The monoisotopic (exact) mass is 371 g/mol. The quantitative estimate of drug-likeness (QED) is 0.838. The molecule has 1 aliphatic rings. The molecule has 3 rings (SSSR count). The van der Waals surface area contributed by atoms with Crippen molar-refractivity contribution in [3.05, 3.63) is 54.1 Å². The zero-order chi connectivity index (χ0) is 19.2. The number of carbonyl (C=O) groups excluding carboxylic acids is 1. The number of piperidine rings is 1. The van der Waals surface area contributed by atoms with Gasteiger partial charge in [-0.25, -0.2) is 4.39 Å². The highest BCUT2D eigenvalue weighted by Gasteiger charge is 2.22. The summed E-state index contributed by atoms with van der Waals surface area (Å²) >= 11 is 0. The number of carbonyl (C=O) groups is 1. The fraction of sp³-hybridized carbons (Fsp3) is 0.429. The number of ether oxygens (including phenoxy) is 1. The Labute approximate surface area is 159 Å². The van der Waals surface area contributed by atoms with Gasteiger partial charge in [-0.05, 0) is 69.5 Å². The van der Waals surface area contributed by atoms with Gasteiger partial charge in [0.1, 0.15) is 23.0 Å². The summed E-state index contributed by atoms with van der Waals surface area (Å²) in [6.45, 7) is 7.20. The first-order valence-corrected chi connectivity index (χ1v) is 9.43. The number of hydrogen-bond acceptors (Lipinski definition) is 4. The zero-order valence-corrected chi connectivity index (χ0v) is 15.8. The molecular weight excluding hydrogens is 345 g/mol. The van der Waals surface area contributed by atoms with E-state index in [2.05, 4.69) is 29.0 Å². The van der Waals surface area contributed by atoms with E-state index in [0.29, 0.717) is 35.7 Å². The Balaban J connectivity index is 1.56. The lowest BCUT2D eigenvalue weighted by atomic mass is 9.97. The maximum atomic E-state index is 13.0. The van der Waals surface area contributed by atoms with Gasteiger partial charge in [0.25, 0.3) is 5.91 Å². The van der Waals surface area contributed by atoms with Crippen LogP contribution in [-0.4, -0.2) is 41.5 Å². The molecule has 0 aliphatic carbocycles. The number of nitrogens with one attached hydrogen (secondary N) is 1. The van der Waals surface area contributed by atoms with Crippen LogP contribution in [0.4, 0.5) is 4.39 Å². The lowest BCUT2D eigenvalue weighted by molar-refractivity contribution is 0.0917. The van der Waals surface area contributed by atoms with E-state index in [9.17, 15) is 9.18 Å². The van der Waals surface area contributed by atoms with Crippen molar-refractivity contribution < 1.29 is 13.9 Å². The van der Waals surface area contributed by atoms with Crippen molar-refractivity contribution in [3.8, 4) is 11.5 Å². The van der Waals surface area contributed by atoms with Crippen molar-refractivity contribution in [2.24, 2.45) is 5.92 Å². The molecule has 1 aromatic carbocycles. The van der Waals surface area contributed by atoms with Gasteiger partial charge in [-0.3, -0.25) is 9.78 Å². The molecule has 1 saturated heterocycles. The minimum atomic E-state index is -0.323. The molecule has 6 heteroatoms. The third-order valence-corrected chi connectivity index (χ3v) is 4.85. The largest absolute Gasteiger partial charge is 0.457 e. The molecule has 0 bridgehead atoms. The summed E-state index contributed by atoms with van der Waals surface area (Å²) in [5.74, 6) is 0.927.